The van der Waals surface area contributed by atoms with Crippen LogP contribution in [0, 0.1) is 19.8 Å². The molecule has 1 unspecified atom stereocenters. The molecule has 0 spiro atoms. The smallest absolute Gasteiger partial charge is 0.307 e. The Labute approximate surface area is 122 Å². The zero-order valence-electron chi connectivity index (χ0n) is 13.3. The van der Waals surface area contributed by atoms with E-state index in [1.165, 1.54) is 23.8 Å². The van der Waals surface area contributed by atoms with Crippen LogP contribution >= 0.6 is 0 Å². The molecule has 1 N–H and O–H groups in total. The third-order valence-corrected chi connectivity index (χ3v) is 3.43. The van der Waals surface area contributed by atoms with Crippen LogP contribution in [0.5, 0.6) is 0 Å². The van der Waals surface area contributed by atoms with E-state index in [2.05, 4.69) is 51.2 Å². The van der Waals surface area contributed by atoms with Gasteiger partial charge in [-0.25, -0.2) is 0 Å². The molecular weight excluding hydrogens is 250 g/mol. The van der Waals surface area contributed by atoms with Gasteiger partial charge in [-0.3, -0.25) is 4.79 Å². The summed E-state index contributed by atoms with van der Waals surface area (Å²) in [7, 11) is 1.44. The predicted octanol–water partition coefficient (Wildman–Crippen LogP) is 3.02. The summed E-state index contributed by atoms with van der Waals surface area (Å²) in [4.78, 5) is 11.5. The minimum atomic E-state index is -0.156. The molecule has 0 fully saturated rings. The van der Waals surface area contributed by atoms with E-state index in [1.807, 2.05) is 0 Å². The van der Waals surface area contributed by atoms with Crippen molar-refractivity contribution < 1.29 is 9.53 Å². The summed E-state index contributed by atoms with van der Waals surface area (Å²) in [6.45, 7) is 9.46. The summed E-state index contributed by atoms with van der Waals surface area (Å²) in [6, 6.07) is 6.60. The van der Waals surface area contributed by atoms with Crippen molar-refractivity contribution in [2.75, 3.05) is 13.7 Å². The molecule has 0 aliphatic heterocycles. The number of hydrogen-bond acceptors (Lipinski definition) is 3. The van der Waals surface area contributed by atoms with Crippen LogP contribution in [-0.4, -0.2) is 25.7 Å². The SMILES string of the molecule is COC(=O)CC(Cc1cc(C)ccc1C)NCC(C)C. The van der Waals surface area contributed by atoms with Crippen LogP contribution in [0.4, 0.5) is 0 Å². The van der Waals surface area contributed by atoms with Crippen molar-refractivity contribution in [3.63, 3.8) is 0 Å². The first kappa shape index (κ1) is 16.7. The molecule has 1 aromatic carbocycles. The lowest BCUT2D eigenvalue weighted by Gasteiger charge is -2.20. The topological polar surface area (TPSA) is 38.3 Å². The highest BCUT2D eigenvalue weighted by molar-refractivity contribution is 5.70. The fraction of sp³-hybridized carbons (Fsp3) is 0.588. The fourth-order valence-electron chi connectivity index (χ4n) is 2.19. The van der Waals surface area contributed by atoms with Gasteiger partial charge >= 0.3 is 5.97 Å². The molecule has 1 rings (SSSR count). The summed E-state index contributed by atoms with van der Waals surface area (Å²) >= 11 is 0. The molecule has 0 amide bonds. The average molecular weight is 277 g/mol. The van der Waals surface area contributed by atoms with Crippen molar-refractivity contribution in [3.8, 4) is 0 Å². The maximum Gasteiger partial charge on any atom is 0.307 e. The number of aryl methyl sites for hydroxylation is 2. The molecule has 0 aliphatic carbocycles. The highest BCUT2D eigenvalue weighted by Crippen LogP contribution is 2.14. The summed E-state index contributed by atoms with van der Waals surface area (Å²) < 4.78 is 4.80. The van der Waals surface area contributed by atoms with E-state index in [0.717, 1.165) is 13.0 Å². The van der Waals surface area contributed by atoms with Crippen molar-refractivity contribution in [2.24, 2.45) is 5.92 Å². The summed E-state index contributed by atoms with van der Waals surface area (Å²) in [5, 5.41) is 3.48. The van der Waals surface area contributed by atoms with Gasteiger partial charge in [0, 0.05) is 6.04 Å². The largest absolute Gasteiger partial charge is 0.469 e. The molecule has 3 nitrogen and oxygen atoms in total. The molecule has 0 bridgehead atoms. The van der Waals surface area contributed by atoms with Gasteiger partial charge in [0.05, 0.1) is 13.5 Å². The minimum Gasteiger partial charge on any atom is -0.469 e. The lowest BCUT2D eigenvalue weighted by atomic mass is 9.97. The van der Waals surface area contributed by atoms with Crippen molar-refractivity contribution in [1.29, 1.82) is 0 Å². The number of esters is 1. The molecule has 0 radical (unpaired) electrons. The van der Waals surface area contributed by atoms with E-state index in [1.54, 1.807) is 0 Å². The van der Waals surface area contributed by atoms with Gasteiger partial charge in [0.15, 0.2) is 0 Å². The van der Waals surface area contributed by atoms with Crippen molar-refractivity contribution in [1.82, 2.24) is 5.32 Å². The number of ether oxygens (including phenoxy) is 1. The molecular formula is C17H27NO2. The number of carbonyl (C=O) groups is 1. The van der Waals surface area contributed by atoms with Gasteiger partial charge in [0.1, 0.15) is 0 Å². The zero-order chi connectivity index (χ0) is 15.1. The molecule has 0 aromatic heterocycles. The van der Waals surface area contributed by atoms with E-state index < -0.39 is 0 Å². The Morgan fingerprint density at radius 1 is 1.30 bits per heavy atom. The van der Waals surface area contributed by atoms with Gasteiger partial charge in [-0.2, -0.15) is 0 Å². The lowest BCUT2D eigenvalue weighted by Crippen LogP contribution is -2.36. The minimum absolute atomic E-state index is 0.130. The Morgan fingerprint density at radius 3 is 2.60 bits per heavy atom. The third kappa shape index (κ3) is 5.74. The Kier molecular flexibility index (Phi) is 6.73. The average Bonchev–Trinajstić information content (AvgIpc) is 2.39. The summed E-state index contributed by atoms with van der Waals surface area (Å²) in [6.07, 6.45) is 1.27. The Balaban J connectivity index is 2.76. The number of hydrogen-bond donors (Lipinski definition) is 1. The number of methoxy groups -OCH3 is 1. The van der Waals surface area contributed by atoms with Crippen LogP contribution in [0.25, 0.3) is 0 Å². The van der Waals surface area contributed by atoms with Gasteiger partial charge in [0.2, 0.25) is 0 Å². The van der Waals surface area contributed by atoms with Gasteiger partial charge in [-0.1, -0.05) is 37.6 Å². The van der Waals surface area contributed by atoms with Crippen molar-refractivity contribution in [3.05, 3.63) is 34.9 Å². The molecule has 1 aromatic rings. The van der Waals surface area contributed by atoms with Crippen molar-refractivity contribution in [2.45, 2.75) is 46.6 Å². The second kappa shape index (κ2) is 8.05. The number of nitrogens with one attached hydrogen (secondary N) is 1. The zero-order valence-corrected chi connectivity index (χ0v) is 13.3. The molecule has 0 heterocycles. The Hall–Kier alpha value is -1.35. The number of rotatable bonds is 7. The first-order valence-electron chi connectivity index (χ1n) is 7.28. The number of carbonyl (C=O) groups excluding carboxylic acids is 1. The van der Waals surface area contributed by atoms with Gasteiger partial charge in [-0.15, -0.1) is 0 Å². The van der Waals surface area contributed by atoms with E-state index in [9.17, 15) is 4.79 Å². The first-order valence-corrected chi connectivity index (χ1v) is 7.28. The molecule has 0 saturated heterocycles. The van der Waals surface area contributed by atoms with Crippen LogP contribution in [0.3, 0.4) is 0 Å². The standard InChI is InChI=1S/C17H27NO2/c1-12(2)11-18-16(10-17(19)20-5)9-15-8-13(3)6-7-14(15)4/h6-8,12,16,18H,9-11H2,1-5H3. The fourth-order valence-corrected chi connectivity index (χ4v) is 2.19. The molecule has 112 valence electrons. The summed E-state index contributed by atoms with van der Waals surface area (Å²) in [5.74, 6) is 0.408. The first-order chi connectivity index (χ1) is 9.42. The molecule has 0 aliphatic rings. The molecule has 0 saturated carbocycles. The van der Waals surface area contributed by atoms with Gasteiger partial charge in [-0.05, 0) is 43.9 Å². The van der Waals surface area contributed by atoms with Crippen LogP contribution < -0.4 is 5.32 Å². The van der Waals surface area contributed by atoms with Crippen LogP contribution in [0.1, 0.15) is 37.0 Å². The summed E-state index contributed by atoms with van der Waals surface area (Å²) in [5.41, 5.74) is 3.83. The molecule has 3 heteroatoms. The second-order valence-corrected chi connectivity index (χ2v) is 5.91. The monoisotopic (exact) mass is 277 g/mol. The predicted molar refractivity (Wildman–Crippen MR) is 82.9 cm³/mol. The Morgan fingerprint density at radius 2 is 2.00 bits per heavy atom. The van der Waals surface area contributed by atoms with Crippen LogP contribution in [0.15, 0.2) is 18.2 Å². The van der Waals surface area contributed by atoms with Gasteiger partial charge < -0.3 is 10.1 Å². The highest BCUT2D eigenvalue weighted by Gasteiger charge is 2.16. The quantitative estimate of drug-likeness (QED) is 0.779. The van der Waals surface area contributed by atoms with E-state index in [4.69, 9.17) is 4.74 Å². The Bertz CT molecular complexity index is 441. The maximum atomic E-state index is 11.5. The maximum absolute atomic E-state index is 11.5. The number of benzene rings is 1. The van der Waals surface area contributed by atoms with E-state index in [-0.39, 0.29) is 12.0 Å². The molecule has 20 heavy (non-hydrogen) atoms. The van der Waals surface area contributed by atoms with E-state index in [0.29, 0.717) is 12.3 Å². The van der Waals surface area contributed by atoms with Gasteiger partial charge in [0.25, 0.3) is 0 Å². The normalized spacial score (nSPS) is 12.5. The lowest BCUT2D eigenvalue weighted by molar-refractivity contribution is -0.141. The second-order valence-electron chi connectivity index (χ2n) is 5.91. The highest BCUT2D eigenvalue weighted by atomic mass is 16.5. The van der Waals surface area contributed by atoms with Crippen molar-refractivity contribution >= 4 is 5.97 Å². The van der Waals surface area contributed by atoms with Crippen LogP contribution in [-0.2, 0) is 16.0 Å². The third-order valence-electron chi connectivity index (χ3n) is 3.43. The van der Waals surface area contributed by atoms with Crippen LogP contribution in [0.2, 0.25) is 0 Å². The van der Waals surface area contributed by atoms with E-state index >= 15 is 0 Å². The molecule has 1 atom stereocenters.